The first-order chi connectivity index (χ1) is 20.1. The van der Waals surface area contributed by atoms with Crippen LogP contribution in [0.2, 0.25) is 5.02 Å². The van der Waals surface area contributed by atoms with Gasteiger partial charge in [-0.05, 0) is 92.6 Å². The van der Waals surface area contributed by atoms with Crippen LogP contribution in [0.5, 0.6) is 0 Å². The third-order valence-corrected chi connectivity index (χ3v) is 7.99. The van der Waals surface area contributed by atoms with Crippen molar-refractivity contribution in [3.05, 3.63) is 106 Å². The molecule has 0 bridgehead atoms. The largest absolute Gasteiger partial charge is 0.478 e. The summed E-state index contributed by atoms with van der Waals surface area (Å²) in [7, 11) is 1.45. The Hall–Kier alpha value is -4.25. The SMILES string of the molecule is COCC(=O)Nc1ccc(N2C(=S)N[C@@H](c3ccccn3)[C@@H]2c2cc(C)n(-c3cc(C(=O)O)ccc3C)c2C)cc1Cl. The zero-order chi connectivity index (χ0) is 30.1. The summed E-state index contributed by atoms with van der Waals surface area (Å²) in [5.74, 6) is -1.29. The molecular formula is C31H30ClN5O4S. The Bertz CT molecular complexity index is 1690. The van der Waals surface area contributed by atoms with Crippen molar-refractivity contribution in [1.82, 2.24) is 14.9 Å². The number of halogens is 1. The number of rotatable bonds is 8. The van der Waals surface area contributed by atoms with Crippen molar-refractivity contribution in [3.8, 4) is 5.69 Å². The predicted molar refractivity (Wildman–Crippen MR) is 167 cm³/mol. The Labute approximate surface area is 254 Å². The van der Waals surface area contributed by atoms with E-state index in [1.807, 2.05) is 56.0 Å². The van der Waals surface area contributed by atoms with E-state index in [-0.39, 0.29) is 30.2 Å². The summed E-state index contributed by atoms with van der Waals surface area (Å²) >= 11 is 12.5. The van der Waals surface area contributed by atoms with Crippen molar-refractivity contribution in [1.29, 1.82) is 0 Å². The van der Waals surface area contributed by atoms with Gasteiger partial charge < -0.3 is 29.9 Å². The number of nitrogens with one attached hydrogen (secondary N) is 2. The number of ether oxygens (including phenoxy) is 1. The van der Waals surface area contributed by atoms with E-state index < -0.39 is 5.97 Å². The molecule has 2 aromatic carbocycles. The van der Waals surface area contributed by atoms with E-state index in [9.17, 15) is 14.7 Å². The van der Waals surface area contributed by atoms with Crippen molar-refractivity contribution in [2.45, 2.75) is 32.9 Å². The minimum absolute atomic E-state index is 0.0868. The van der Waals surface area contributed by atoms with E-state index >= 15 is 0 Å². The van der Waals surface area contributed by atoms with Crippen molar-refractivity contribution >= 4 is 52.2 Å². The lowest BCUT2D eigenvalue weighted by molar-refractivity contribution is -0.119. The second-order valence-electron chi connectivity index (χ2n) is 10.1. The van der Waals surface area contributed by atoms with Crippen LogP contribution in [-0.4, -0.2) is 45.4 Å². The van der Waals surface area contributed by atoms with Gasteiger partial charge in [-0.15, -0.1) is 0 Å². The number of amides is 1. The number of carboxylic acid groups (broad SMARTS) is 1. The number of carbonyl (C=O) groups is 2. The Morgan fingerprint density at radius 3 is 2.57 bits per heavy atom. The van der Waals surface area contributed by atoms with Crippen molar-refractivity contribution < 1.29 is 19.4 Å². The van der Waals surface area contributed by atoms with E-state index in [1.54, 1.807) is 30.5 Å². The number of carbonyl (C=O) groups excluding carboxylic acids is 1. The number of aromatic carboxylic acids is 1. The average molecular weight is 604 g/mol. The molecule has 5 rings (SSSR count). The zero-order valence-corrected chi connectivity index (χ0v) is 25.1. The van der Waals surface area contributed by atoms with Gasteiger partial charge in [-0.25, -0.2) is 4.79 Å². The maximum Gasteiger partial charge on any atom is 0.335 e. The Morgan fingerprint density at radius 1 is 1.12 bits per heavy atom. The number of hydrogen-bond donors (Lipinski definition) is 3. The first-order valence-electron chi connectivity index (χ1n) is 13.2. The Morgan fingerprint density at radius 2 is 1.90 bits per heavy atom. The molecule has 42 heavy (non-hydrogen) atoms. The van der Waals surface area contributed by atoms with Gasteiger partial charge in [-0.3, -0.25) is 9.78 Å². The van der Waals surface area contributed by atoms with Gasteiger partial charge in [-0.2, -0.15) is 0 Å². The van der Waals surface area contributed by atoms with E-state index in [4.69, 9.17) is 28.6 Å². The number of methoxy groups -OCH3 is 1. The number of nitrogens with zero attached hydrogens (tertiary/aromatic N) is 3. The molecular weight excluding hydrogens is 574 g/mol. The molecule has 0 spiro atoms. The molecule has 3 heterocycles. The third-order valence-electron chi connectivity index (χ3n) is 7.36. The van der Waals surface area contributed by atoms with Crippen LogP contribution in [0.3, 0.4) is 0 Å². The Kier molecular flexibility index (Phi) is 8.31. The van der Waals surface area contributed by atoms with E-state index in [2.05, 4.69) is 26.3 Å². The fourth-order valence-electron chi connectivity index (χ4n) is 5.46. The lowest BCUT2D eigenvalue weighted by Crippen LogP contribution is -2.29. The highest BCUT2D eigenvalue weighted by Gasteiger charge is 2.42. The molecule has 1 aliphatic heterocycles. The molecule has 0 aliphatic carbocycles. The summed E-state index contributed by atoms with van der Waals surface area (Å²) in [4.78, 5) is 30.5. The highest BCUT2D eigenvalue weighted by molar-refractivity contribution is 7.80. The average Bonchev–Trinajstić information content (AvgIpc) is 3.45. The lowest BCUT2D eigenvalue weighted by atomic mass is 9.96. The maximum absolute atomic E-state index is 12.1. The molecule has 2 aromatic heterocycles. The predicted octanol–water partition coefficient (Wildman–Crippen LogP) is 5.91. The van der Waals surface area contributed by atoms with Gasteiger partial charge in [0, 0.05) is 36.1 Å². The summed E-state index contributed by atoms with van der Waals surface area (Å²) in [6.45, 7) is 5.89. The maximum atomic E-state index is 12.1. The molecule has 11 heteroatoms. The number of aromatic nitrogens is 2. The molecule has 3 N–H and O–H groups in total. The fourth-order valence-corrected chi connectivity index (χ4v) is 6.03. The third kappa shape index (κ3) is 5.48. The monoisotopic (exact) mass is 603 g/mol. The molecule has 2 atom stereocenters. The number of anilines is 2. The number of pyridine rings is 1. The summed E-state index contributed by atoms with van der Waals surface area (Å²) in [5.41, 5.74) is 6.85. The van der Waals surface area contributed by atoms with E-state index in [0.717, 1.165) is 39.6 Å². The first-order valence-corrected chi connectivity index (χ1v) is 14.0. The van der Waals surface area contributed by atoms with Gasteiger partial charge in [0.2, 0.25) is 5.91 Å². The van der Waals surface area contributed by atoms with Crippen LogP contribution in [0.15, 0.2) is 66.9 Å². The molecule has 1 aliphatic rings. The van der Waals surface area contributed by atoms with Crippen molar-refractivity contribution in [2.24, 2.45) is 0 Å². The fraction of sp³-hybridized carbons (Fsp3) is 0.226. The summed E-state index contributed by atoms with van der Waals surface area (Å²) in [6, 6.07) is 17.7. The van der Waals surface area contributed by atoms with Crippen molar-refractivity contribution in [2.75, 3.05) is 23.9 Å². The van der Waals surface area contributed by atoms with Gasteiger partial charge in [-0.1, -0.05) is 23.7 Å². The normalized spacial score (nSPS) is 16.4. The first kappa shape index (κ1) is 29.2. The van der Waals surface area contributed by atoms with Gasteiger partial charge in [0.15, 0.2) is 5.11 Å². The van der Waals surface area contributed by atoms with Gasteiger partial charge in [0.05, 0.1) is 34.1 Å². The van der Waals surface area contributed by atoms with Crippen LogP contribution in [0, 0.1) is 20.8 Å². The van der Waals surface area contributed by atoms with E-state index in [0.29, 0.717) is 15.8 Å². The number of benzene rings is 2. The van der Waals surface area contributed by atoms with E-state index in [1.165, 1.54) is 7.11 Å². The summed E-state index contributed by atoms with van der Waals surface area (Å²) in [6.07, 6.45) is 1.75. The molecule has 4 aromatic rings. The quantitative estimate of drug-likeness (QED) is 0.213. The van der Waals surface area contributed by atoms with Crippen LogP contribution in [0.4, 0.5) is 11.4 Å². The highest BCUT2D eigenvalue weighted by atomic mass is 35.5. The van der Waals surface area contributed by atoms with Crippen LogP contribution in [-0.2, 0) is 9.53 Å². The highest BCUT2D eigenvalue weighted by Crippen LogP contribution is 2.45. The molecule has 0 radical (unpaired) electrons. The summed E-state index contributed by atoms with van der Waals surface area (Å²) < 4.78 is 6.98. The number of aryl methyl sites for hydroxylation is 2. The number of hydrogen-bond acceptors (Lipinski definition) is 5. The second-order valence-corrected chi connectivity index (χ2v) is 10.9. The standard InChI is InChI=1S/C31H30ClN5O4S/c1-17-8-9-20(30(39)40)14-26(17)36-18(2)13-22(19(36)3)29-28(25-7-5-6-12-33-25)35-31(42)37(29)21-10-11-24(23(32)15-21)34-27(38)16-41-4/h5-15,28-29H,16H2,1-4H3,(H,34,38)(H,35,42)(H,39,40)/t28-,29-/m0/s1. The lowest BCUT2D eigenvalue weighted by Gasteiger charge is -2.28. The smallest absolute Gasteiger partial charge is 0.335 e. The second kappa shape index (κ2) is 11.9. The van der Waals surface area contributed by atoms with Crippen LogP contribution < -0.4 is 15.5 Å². The molecule has 216 valence electrons. The number of thiocarbonyl (C=S) groups is 1. The molecule has 0 unspecified atom stereocenters. The summed E-state index contributed by atoms with van der Waals surface area (Å²) in [5, 5.41) is 16.7. The molecule has 1 saturated heterocycles. The number of carboxylic acids is 1. The minimum Gasteiger partial charge on any atom is -0.478 e. The van der Waals surface area contributed by atoms with Crippen LogP contribution >= 0.6 is 23.8 Å². The Balaban J connectivity index is 1.63. The van der Waals surface area contributed by atoms with Gasteiger partial charge in [0.1, 0.15) is 6.61 Å². The van der Waals surface area contributed by atoms with Crippen molar-refractivity contribution in [3.63, 3.8) is 0 Å². The molecule has 9 nitrogen and oxygen atoms in total. The topological polar surface area (TPSA) is 109 Å². The molecule has 0 saturated carbocycles. The van der Waals surface area contributed by atoms with Gasteiger partial charge >= 0.3 is 5.97 Å². The minimum atomic E-state index is -0.982. The van der Waals surface area contributed by atoms with Crippen LogP contribution in [0.25, 0.3) is 5.69 Å². The van der Waals surface area contributed by atoms with Crippen LogP contribution in [0.1, 0.15) is 50.7 Å². The molecule has 1 amide bonds. The van der Waals surface area contributed by atoms with Gasteiger partial charge in [0.25, 0.3) is 0 Å². The molecule has 1 fully saturated rings. The zero-order valence-electron chi connectivity index (χ0n) is 23.5.